The molecule has 0 amide bonds. The Bertz CT molecular complexity index is 851. The van der Waals surface area contributed by atoms with Crippen LogP contribution in [-0.2, 0) is 10.2 Å². The molecule has 27 heavy (non-hydrogen) atoms. The Morgan fingerprint density at radius 1 is 1.33 bits per heavy atom. The highest BCUT2D eigenvalue weighted by Gasteiger charge is 2.75. The van der Waals surface area contributed by atoms with Gasteiger partial charge in [0.25, 0.3) is 0 Å². The Morgan fingerprint density at radius 2 is 2.15 bits per heavy atom. The maximum Gasteiger partial charge on any atom is 0.174 e. The second-order valence-electron chi connectivity index (χ2n) is 9.00. The summed E-state index contributed by atoms with van der Waals surface area (Å²) in [5.74, 6) is 1.83. The van der Waals surface area contributed by atoms with Crippen molar-refractivity contribution in [3.63, 3.8) is 0 Å². The van der Waals surface area contributed by atoms with Gasteiger partial charge in [0.15, 0.2) is 23.4 Å². The number of piperidine rings is 1. The van der Waals surface area contributed by atoms with Crippen molar-refractivity contribution < 1.29 is 24.5 Å². The summed E-state index contributed by atoms with van der Waals surface area (Å²) in [4.78, 5) is 15.1. The number of carbonyl (C=O) groups is 1. The van der Waals surface area contributed by atoms with E-state index in [-0.39, 0.29) is 12.2 Å². The molecule has 144 valence electrons. The van der Waals surface area contributed by atoms with Gasteiger partial charge in [-0.25, -0.2) is 0 Å². The predicted octanol–water partition coefficient (Wildman–Crippen LogP) is 1.32. The summed E-state index contributed by atoms with van der Waals surface area (Å²) in [6.45, 7) is 1.68. The Morgan fingerprint density at radius 3 is 2.89 bits per heavy atom. The van der Waals surface area contributed by atoms with Gasteiger partial charge in [0.1, 0.15) is 0 Å². The highest BCUT2D eigenvalue weighted by atomic mass is 16.5. The van der Waals surface area contributed by atoms with E-state index in [1.807, 2.05) is 6.07 Å². The number of hydrogen-bond acceptors (Lipinski definition) is 6. The van der Waals surface area contributed by atoms with E-state index in [9.17, 15) is 15.0 Å². The van der Waals surface area contributed by atoms with E-state index >= 15 is 0 Å². The minimum atomic E-state index is -1.16. The zero-order valence-electron chi connectivity index (χ0n) is 15.5. The lowest BCUT2D eigenvalue weighted by molar-refractivity contribution is -0.211. The zero-order valence-corrected chi connectivity index (χ0v) is 15.5. The summed E-state index contributed by atoms with van der Waals surface area (Å²) in [5, 5.41) is 23.5. The largest absolute Gasteiger partial charge is 0.493 e. The molecule has 2 saturated carbocycles. The number of ether oxygens (including phenoxy) is 2. The molecule has 2 heterocycles. The SMILES string of the molecule is COc1ccc2c3c1O[C@H]1C(=O)CC[C@@]4(O)[C@@H](C2O)N(CC2CC2)CC[C@]314. The number of Topliss-reactive ketones (excluding diaryl/α,β-unsaturated/α-hetero) is 1. The third-order valence-corrected chi connectivity index (χ3v) is 7.80. The van der Waals surface area contributed by atoms with Gasteiger partial charge < -0.3 is 19.7 Å². The number of methoxy groups -OCH3 is 1. The topological polar surface area (TPSA) is 79.2 Å². The smallest absolute Gasteiger partial charge is 0.174 e. The number of carbonyl (C=O) groups excluding carboxylic acids is 1. The molecule has 3 aliphatic carbocycles. The number of rotatable bonds is 3. The molecule has 6 nitrogen and oxygen atoms in total. The molecule has 1 aromatic carbocycles. The van der Waals surface area contributed by atoms with Crippen LogP contribution in [0.4, 0.5) is 0 Å². The minimum Gasteiger partial charge on any atom is -0.493 e. The molecule has 0 radical (unpaired) electrons. The van der Waals surface area contributed by atoms with Crippen LogP contribution in [0.15, 0.2) is 12.1 Å². The molecule has 2 N–H and O–H groups in total. The van der Waals surface area contributed by atoms with Gasteiger partial charge in [0.05, 0.1) is 30.3 Å². The van der Waals surface area contributed by atoms with Gasteiger partial charge in [-0.15, -0.1) is 0 Å². The van der Waals surface area contributed by atoms with E-state index in [1.54, 1.807) is 13.2 Å². The van der Waals surface area contributed by atoms with E-state index in [4.69, 9.17) is 9.47 Å². The van der Waals surface area contributed by atoms with Crippen LogP contribution >= 0.6 is 0 Å². The normalized spacial score (nSPS) is 41.9. The average Bonchev–Trinajstić information content (AvgIpc) is 3.40. The third-order valence-electron chi connectivity index (χ3n) is 7.80. The summed E-state index contributed by atoms with van der Waals surface area (Å²) >= 11 is 0. The first-order valence-corrected chi connectivity index (χ1v) is 10.1. The predicted molar refractivity (Wildman–Crippen MR) is 95.9 cm³/mol. The van der Waals surface area contributed by atoms with Crippen molar-refractivity contribution in [1.82, 2.24) is 4.90 Å². The molecule has 2 aliphatic heterocycles. The van der Waals surface area contributed by atoms with E-state index in [2.05, 4.69) is 4.90 Å². The molecule has 1 spiro atoms. The number of hydrogen-bond donors (Lipinski definition) is 2. The second kappa shape index (κ2) is 5.04. The van der Waals surface area contributed by atoms with Gasteiger partial charge in [-0.3, -0.25) is 9.69 Å². The van der Waals surface area contributed by atoms with Crippen molar-refractivity contribution in [2.75, 3.05) is 20.2 Å². The van der Waals surface area contributed by atoms with Crippen molar-refractivity contribution in [3.05, 3.63) is 23.3 Å². The molecule has 2 bridgehead atoms. The van der Waals surface area contributed by atoms with Crippen LogP contribution in [-0.4, -0.2) is 58.8 Å². The van der Waals surface area contributed by atoms with E-state index in [0.717, 1.165) is 24.2 Å². The fraction of sp³-hybridized carbons (Fsp3) is 0.667. The molecule has 0 aromatic heterocycles. The van der Waals surface area contributed by atoms with Crippen molar-refractivity contribution in [1.29, 1.82) is 0 Å². The lowest BCUT2D eigenvalue weighted by Gasteiger charge is -2.63. The maximum absolute atomic E-state index is 12.9. The fourth-order valence-corrected chi connectivity index (χ4v) is 6.48. The molecule has 6 rings (SSSR count). The van der Waals surface area contributed by atoms with Crippen LogP contribution in [0.25, 0.3) is 0 Å². The van der Waals surface area contributed by atoms with Gasteiger partial charge in [-0.1, -0.05) is 6.07 Å². The summed E-state index contributed by atoms with van der Waals surface area (Å²) in [6, 6.07) is 3.31. The zero-order chi connectivity index (χ0) is 18.6. The first-order valence-electron chi connectivity index (χ1n) is 10.1. The highest BCUT2D eigenvalue weighted by Crippen LogP contribution is 2.66. The lowest BCUT2D eigenvalue weighted by atomic mass is 9.48. The standard InChI is InChI=1S/C21H25NO5/c1-26-14-5-4-12-15-17(14)27-19-13(23)6-7-21(25)18(16(12)24)22(10-11-2-3-11)9-8-20(15,19)21/h4-5,11,16,18-19,24-25H,2-3,6-10H2,1H3/t16?,18-,19+,20+,21-/m1/s1. The van der Waals surface area contributed by atoms with Gasteiger partial charge >= 0.3 is 0 Å². The summed E-state index contributed by atoms with van der Waals surface area (Å²) in [7, 11) is 1.58. The Hall–Kier alpha value is -1.63. The third kappa shape index (κ3) is 1.75. The van der Waals surface area contributed by atoms with Crippen molar-refractivity contribution in [2.24, 2.45) is 5.92 Å². The van der Waals surface area contributed by atoms with E-state index in [0.29, 0.717) is 30.3 Å². The van der Waals surface area contributed by atoms with E-state index < -0.39 is 29.3 Å². The van der Waals surface area contributed by atoms with Gasteiger partial charge in [-0.2, -0.15) is 0 Å². The minimum absolute atomic E-state index is 0.0506. The molecule has 5 aliphatic rings. The Labute approximate surface area is 158 Å². The maximum atomic E-state index is 12.9. The number of benzene rings is 1. The van der Waals surface area contributed by atoms with Crippen molar-refractivity contribution in [3.8, 4) is 11.5 Å². The van der Waals surface area contributed by atoms with Crippen LogP contribution in [0, 0.1) is 5.92 Å². The number of nitrogens with zero attached hydrogens (tertiary/aromatic N) is 1. The lowest BCUT2D eigenvalue weighted by Crippen LogP contribution is -2.77. The van der Waals surface area contributed by atoms with Crippen LogP contribution in [0.2, 0.25) is 0 Å². The number of likely N-dealkylation sites (tertiary alicyclic amines) is 1. The highest BCUT2D eigenvalue weighted by molar-refractivity contribution is 5.90. The first-order chi connectivity index (χ1) is 13.0. The fourth-order valence-electron chi connectivity index (χ4n) is 6.48. The molecule has 1 saturated heterocycles. The van der Waals surface area contributed by atoms with Crippen molar-refractivity contribution >= 4 is 5.78 Å². The Balaban J connectivity index is 1.61. The Kier molecular flexibility index (Phi) is 3.05. The molecular weight excluding hydrogens is 346 g/mol. The van der Waals surface area contributed by atoms with Crippen LogP contribution in [0.3, 0.4) is 0 Å². The molecule has 6 heteroatoms. The molecule has 3 fully saturated rings. The van der Waals surface area contributed by atoms with Crippen LogP contribution < -0.4 is 9.47 Å². The average molecular weight is 371 g/mol. The number of aliphatic hydroxyl groups is 2. The van der Waals surface area contributed by atoms with E-state index in [1.165, 1.54) is 12.8 Å². The summed E-state index contributed by atoms with van der Waals surface area (Å²) < 4.78 is 11.7. The van der Waals surface area contributed by atoms with Crippen LogP contribution in [0.5, 0.6) is 11.5 Å². The quantitative estimate of drug-likeness (QED) is 0.834. The molecule has 5 atom stereocenters. The molecule has 1 unspecified atom stereocenters. The van der Waals surface area contributed by atoms with Gasteiger partial charge in [-0.05, 0) is 49.8 Å². The van der Waals surface area contributed by atoms with Crippen LogP contribution in [0.1, 0.15) is 49.3 Å². The molecule has 1 aromatic rings. The molecular formula is C21H25NO5. The number of aliphatic hydroxyl groups excluding tert-OH is 1. The van der Waals surface area contributed by atoms with Gasteiger partial charge in [0.2, 0.25) is 0 Å². The summed E-state index contributed by atoms with van der Waals surface area (Å²) in [5.41, 5.74) is -0.329. The number of ketones is 1. The monoisotopic (exact) mass is 371 g/mol. The first kappa shape index (κ1) is 16.3. The summed E-state index contributed by atoms with van der Waals surface area (Å²) in [6.07, 6.45) is 2.32. The van der Waals surface area contributed by atoms with Crippen molar-refractivity contribution in [2.45, 2.75) is 61.4 Å². The van der Waals surface area contributed by atoms with Gasteiger partial charge in [0, 0.05) is 18.5 Å². The second-order valence-corrected chi connectivity index (χ2v) is 9.00.